The summed E-state index contributed by atoms with van der Waals surface area (Å²) in [7, 11) is 2.00. The fourth-order valence-corrected chi connectivity index (χ4v) is 4.37. The number of aromatic nitrogens is 2. The highest BCUT2D eigenvalue weighted by atomic mass is 15.2. The molecule has 2 heterocycles. The Morgan fingerprint density at radius 3 is 2.50 bits per heavy atom. The highest BCUT2D eigenvalue weighted by molar-refractivity contribution is 5.82. The number of aryl methyl sites for hydroxylation is 1. The van der Waals surface area contributed by atoms with E-state index in [2.05, 4.69) is 49.0 Å². The van der Waals surface area contributed by atoms with Gasteiger partial charge < -0.3 is 4.90 Å². The predicted molar refractivity (Wildman–Crippen MR) is 82.9 cm³/mol. The zero-order valence-electron chi connectivity index (χ0n) is 12.8. The summed E-state index contributed by atoms with van der Waals surface area (Å²) < 4.78 is 1.94. The molecule has 1 saturated heterocycles. The van der Waals surface area contributed by atoms with Gasteiger partial charge >= 0.3 is 0 Å². The molecule has 1 aromatic heterocycles. The molecule has 1 saturated carbocycles. The van der Waals surface area contributed by atoms with E-state index in [1.807, 2.05) is 17.9 Å². The van der Waals surface area contributed by atoms with Crippen LogP contribution in [0.3, 0.4) is 0 Å². The van der Waals surface area contributed by atoms with Crippen molar-refractivity contribution in [3.63, 3.8) is 0 Å². The molecule has 20 heavy (non-hydrogen) atoms. The molecular weight excluding hydrogens is 246 g/mol. The number of fused-ring (bicyclic) bond motifs is 2. The lowest BCUT2D eigenvalue weighted by Crippen LogP contribution is -2.27. The van der Waals surface area contributed by atoms with Crippen LogP contribution in [-0.2, 0) is 7.05 Å². The minimum absolute atomic E-state index is 0.481. The van der Waals surface area contributed by atoms with Gasteiger partial charge in [-0.2, -0.15) is 5.10 Å². The maximum Gasteiger partial charge on any atom is 0.0680 e. The van der Waals surface area contributed by atoms with E-state index in [9.17, 15) is 0 Å². The van der Waals surface area contributed by atoms with E-state index in [1.54, 1.807) is 0 Å². The fourth-order valence-electron chi connectivity index (χ4n) is 4.37. The van der Waals surface area contributed by atoms with Crippen LogP contribution < -0.4 is 4.90 Å². The van der Waals surface area contributed by atoms with Gasteiger partial charge in [0.25, 0.3) is 0 Å². The van der Waals surface area contributed by atoms with Crippen molar-refractivity contribution in [2.75, 3.05) is 18.0 Å². The molecule has 1 aromatic carbocycles. The molecule has 1 aliphatic heterocycles. The van der Waals surface area contributed by atoms with E-state index < -0.39 is 0 Å². The summed E-state index contributed by atoms with van der Waals surface area (Å²) in [6, 6.07) is 6.74. The topological polar surface area (TPSA) is 21.1 Å². The predicted octanol–water partition coefficient (Wildman–Crippen LogP) is 3.30. The summed E-state index contributed by atoms with van der Waals surface area (Å²) in [5.74, 6) is 2.76. The first-order chi connectivity index (χ1) is 9.45. The van der Waals surface area contributed by atoms with Crippen molar-refractivity contribution in [2.24, 2.45) is 30.2 Å². The van der Waals surface area contributed by atoms with Gasteiger partial charge in [0.2, 0.25) is 0 Å². The lowest BCUT2D eigenvalue weighted by atomic mass is 9.87. The number of rotatable bonds is 1. The lowest BCUT2D eigenvalue weighted by molar-refractivity contribution is 0.309. The van der Waals surface area contributed by atoms with Crippen LogP contribution in [0, 0.1) is 23.2 Å². The summed E-state index contributed by atoms with van der Waals surface area (Å²) in [5.41, 5.74) is 3.06. The molecule has 2 aromatic rings. The van der Waals surface area contributed by atoms with Gasteiger partial charge in [-0.1, -0.05) is 20.8 Å². The fraction of sp³-hybridized carbons (Fsp3) is 0.588. The monoisotopic (exact) mass is 269 g/mol. The third-order valence-electron chi connectivity index (χ3n) is 5.29. The van der Waals surface area contributed by atoms with Crippen molar-refractivity contribution in [1.29, 1.82) is 0 Å². The molecule has 1 aliphatic carbocycles. The lowest BCUT2D eigenvalue weighted by Gasteiger charge is -2.27. The quantitative estimate of drug-likeness (QED) is 0.792. The van der Waals surface area contributed by atoms with Crippen molar-refractivity contribution in [3.05, 3.63) is 24.4 Å². The van der Waals surface area contributed by atoms with Crippen LogP contribution in [0.2, 0.25) is 0 Å². The van der Waals surface area contributed by atoms with E-state index in [-0.39, 0.29) is 0 Å². The second kappa shape index (κ2) is 3.78. The second-order valence-electron chi connectivity index (χ2n) is 7.64. The van der Waals surface area contributed by atoms with Crippen molar-refractivity contribution in [2.45, 2.75) is 20.8 Å². The van der Waals surface area contributed by atoms with Crippen LogP contribution >= 0.6 is 0 Å². The molecule has 106 valence electrons. The number of anilines is 1. The van der Waals surface area contributed by atoms with Gasteiger partial charge in [0.05, 0.1) is 11.7 Å². The Bertz CT molecular complexity index is 652. The summed E-state index contributed by atoms with van der Waals surface area (Å²) in [5, 5.41) is 5.58. The van der Waals surface area contributed by atoms with Crippen molar-refractivity contribution < 1.29 is 0 Å². The summed E-state index contributed by atoms with van der Waals surface area (Å²) >= 11 is 0. The molecule has 0 radical (unpaired) electrons. The second-order valence-corrected chi connectivity index (χ2v) is 7.64. The van der Waals surface area contributed by atoms with E-state index in [4.69, 9.17) is 0 Å². The summed E-state index contributed by atoms with van der Waals surface area (Å²) in [4.78, 5) is 2.56. The molecule has 3 nitrogen and oxygen atoms in total. The number of hydrogen-bond acceptors (Lipinski definition) is 2. The Labute approximate surface area is 120 Å². The molecule has 0 N–H and O–H groups in total. The Morgan fingerprint density at radius 1 is 1.15 bits per heavy atom. The van der Waals surface area contributed by atoms with Crippen LogP contribution in [0.25, 0.3) is 10.9 Å². The molecule has 4 rings (SSSR count). The molecule has 0 spiro atoms. The van der Waals surface area contributed by atoms with E-state index in [1.165, 1.54) is 29.7 Å². The SMILES string of the molecule is Cn1ncc2cc(N3CC4C(C3)C4C(C)(C)C)ccc21. The largest absolute Gasteiger partial charge is 0.371 e. The first kappa shape index (κ1) is 12.2. The highest BCUT2D eigenvalue weighted by Gasteiger charge is 2.59. The van der Waals surface area contributed by atoms with Crippen LogP contribution in [-0.4, -0.2) is 22.9 Å². The average Bonchev–Trinajstić information content (AvgIpc) is 2.76. The Morgan fingerprint density at radius 2 is 1.85 bits per heavy atom. The smallest absolute Gasteiger partial charge is 0.0680 e. The van der Waals surface area contributed by atoms with E-state index in [0.717, 1.165) is 17.8 Å². The Kier molecular flexibility index (Phi) is 2.31. The molecule has 0 bridgehead atoms. The average molecular weight is 269 g/mol. The normalized spacial score (nSPS) is 29.0. The molecule has 2 aliphatic rings. The number of hydrogen-bond donors (Lipinski definition) is 0. The summed E-state index contributed by atoms with van der Waals surface area (Å²) in [6.07, 6.45) is 1.97. The van der Waals surface area contributed by atoms with Crippen LogP contribution in [0.15, 0.2) is 24.4 Å². The Hall–Kier alpha value is -1.51. The molecule has 2 fully saturated rings. The minimum Gasteiger partial charge on any atom is -0.371 e. The molecule has 0 amide bonds. The van der Waals surface area contributed by atoms with Crippen molar-refractivity contribution >= 4 is 16.6 Å². The van der Waals surface area contributed by atoms with E-state index >= 15 is 0 Å². The zero-order chi connectivity index (χ0) is 14.1. The maximum absolute atomic E-state index is 4.33. The van der Waals surface area contributed by atoms with Gasteiger partial charge in [0, 0.05) is 31.2 Å². The zero-order valence-corrected chi connectivity index (χ0v) is 12.8. The highest BCUT2D eigenvalue weighted by Crippen LogP contribution is 2.60. The molecule has 3 heteroatoms. The van der Waals surface area contributed by atoms with Gasteiger partial charge in [0.15, 0.2) is 0 Å². The Balaban J connectivity index is 1.55. The number of benzene rings is 1. The molecular formula is C17H23N3. The number of piperidine rings is 1. The van der Waals surface area contributed by atoms with Crippen LogP contribution in [0.1, 0.15) is 20.8 Å². The third-order valence-corrected chi connectivity index (χ3v) is 5.29. The summed E-state index contributed by atoms with van der Waals surface area (Å²) in [6.45, 7) is 9.64. The first-order valence-corrected chi connectivity index (χ1v) is 7.62. The van der Waals surface area contributed by atoms with Gasteiger partial charge in [-0.05, 0) is 41.4 Å². The van der Waals surface area contributed by atoms with Crippen LogP contribution in [0.5, 0.6) is 0 Å². The number of nitrogens with zero attached hydrogens (tertiary/aromatic N) is 3. The first-order valence-electron chi connectivity index (χ1n) is 7.62. The van der Waals surface area contributed by atoms with Crippen LogP contribution in [0.4, 0.5) is 5.69 Å². The van der Waals surface area contributed by atoms with Crippen molar-refractivity contribution in [3.8, 4) is 0 Å². The van der Waals surface area contributed by atoms with Gasteiger partial charge in [0.1, 0.15) is 0 Å². The van der Waals surface area contributed by atoms with Gasteiger partial charge in [-0.25, -0.2) is 0 Å². The minimum atomic E-state index is 0.481. The van der Waals surface area contributed by atoms with Crippen molar-refractivity contribution in [1.82, 2.24) is 9.78 Å². The third kappa shape index (κ3) is 1.68. The van der Waals surface area contributed by atoms with E-state index in [0.29, 0.717) is 5.41 Å². The van der Waals surface area contributed by atoms with Gasteiger partial charge in [-0.15, -0.1) is 0 Å². The van der Waals surface area contributed by atoms with Gasteiger partial charge in [-0.3, -0.25) is 4.68 Å². The maximum atomic E-state index is 4.33. The molecule has 2 unspecified atom stereocenters. The standard InChI is InChI=1S/C17H23N3/c1-17(2,3)16-13-9-20(10-14(13)16)12-5-6-15-11(7-12)8-18-19(15)4/h5-8,13-14,16H,9-10H2,1-4H3. The molecule has 2 atom stereocenters.